The van der Waals surface area contributed by atoms with Gasteiger partial charge in [-0.3, -0.25) is 0 Å². The Kier molecular flexibility index (Phi) is 4.80. The molecule has 0 unspecified atom stereocenters. The van der Waals surface area contributed by atoms with E-state index in [1.54, 1.807) is 0 Å². The summed E-state index contributed by atoms with van der Waals surface area (Å²) >= 11 is 0. The van der Waals surface area contributed by atoms with Crippen molar-refractivity contribution in [2.75, 3.05) is 7.11 Å². The predicted octanol–water partition coefficient (Wildman–Crippen LogP) is 4.22. The number of hydrogen-bond acceptors (Lipinski definition) is 2. The Morgan fingerprint density at radius 3 is 2.29 bits per heavy atom. The molecule has 0 fully saturated rings. The molecule has 0 aliphatic carbocycles. The highest BCUT2D eigenvalue weighted by molar-refractivity contribution is 5.87. The molecule has 3 heteroatoms. The highest BCUT2D eigenvalue weighted by Crippen LogP contribution is 2.18. The fourth-order valence-corrected chi connectivity index (χ4v) is 2.81. The Balaban J connectivity index is 1.94. The number of hydrogen-bond donors (Lipinski definition) is 0. The van der Waals surface area contributed by atoms with Crippen LogP contribution in [0.15, 0.2) is 66.7 Å². The van der Waals surface area contributed by atoms with Gasteiger partial charge in [-0.05, 0) is 30.2 Å². The molecule has 0 atom stereocenters. The number of methoxy groups -OCH3 is 1. The second kappa shape index (κ2) is 7.18. The van der Waals surface area contributed by atoms with E-state index in [2.05, 4.69) is 43.3 Å². The van der Waals surface area contributed by atoms with Gasteiger partial charge in [-0.15, -0.1) is 0 Å². The van der Waals surface area contributed by atoms with E-state index in [0.717, 1.165) is 17.7 Å². The lowest BCUT2D eigenvalue weighted by Crippen LogP contribution is -2.14. The third-order valence-corrected chi connectivity index (χ3v) is 4.15. The normalized spacial score (nSPS) is 10.6. The van der Waals surface area contributed by atoms with E-state index in [-0.39, 0.29) is 5.97 Å². The molecular weight excluding hydrogens is 298 g/mol. The second-order valence-electron chi connectivity index (χ2n) is 5.94. The van der Waals surface area contributed by atoms with Gasteiger partial charge in [-0.2, -0.15) is 0 Å². The topological polar surface area (TPSA) is 31.2 Å². The fraction of sp³-hybridized carbons (Fsp3) is 0.190. The van der Waals surface area contributed by atoms with Crippen molar-refractivity contribution in [2.24, 2.45) is 0 Å². The maximum absolute atomic E-state index is 12.1. The average molecular weight is 319 g/mol. The van der Waals surface area contributed by atoms with Gasteiger partial charge in [-0.25, -0.2) is 4.79 Å². The van der Waals surface area contributed by atoms with Crippen LogP contribution in [0, 0.1) is 6.92 Å². The van der Waals surface area contributed by atoms with Crippen LogP contribution in [-0.4, -0.2) is 17.6 Å². The maximum atomic E-state index is 12.1. The van der Waals surface area contributed by atoms with Gasteiger partial charge in [0.25, 0.3) is 0 Å². The molecule has 0 amide bonds. The largest absolute Gasteiger partial charge is 0.464 e. The second-order valence-corrected chi connectivity index (χ2v) is 5.94. The minimum atomic E-state index is -0.305. The summed E-state index contributed by atoms with van der Waals surface area (Å²) in [5.41, 5.74) is 5.31. The molecule has 122 valence electrons. The van der Waals surface area contributed by atoms with Crippen molar-refractivity contribution in [3.05, 3.63) is 94.8 Å². The lowest BCUT2D eigenvalue weighted by molar-refractivity contribution is 0.0588. The van der Waals surface area contributed by atoms with Gasteiger partial charge in [0, 0.05) is 18.7 Å². The zero-order chi connectivity index (χ0) is 16.9. The molecule has 0 bridgehead atoms. The molecule has 2 aromatic carbocycles. The van der Waals surface area contributed by atoms with Crippen LogP contribution in [-0.2, 0) is 17.7 Å². The molecule has 0 aliphatic heterocycles. The Morgan fingerprint density at radius 2 is 1.62 bits per heavy atom. The Labute approximate surface area is 142 Å². The molecule has 0 saturated heterocycles. The van der Waals surface area contributed by atoms with Gasteiger partial charge in [0.2, 0.25) is 0 Å². The Bertz CT molecular complexity index is 817. The number of carbonyl (C=O) groups is 1. The first-order valence-corrected chi connectivity index (χ1v) is 8.03. The van der Waals surface area contributed by atoms with Crippen molar-refractivity contribution in [2.45, 2.75) is 19.9 Å². The van der Waals surface area contributed by atoms with Crippen LogP contribution in [0.2, 0.25) is 0 Å². The third-order valence-electron chi connectivity index (χ3n) is 4.15. The molecule has 3 nitrogen and oxygen atoms in total. The number of aromatic nitrogens is 1. The number of ether oxygens (including phenoxy) is 1. The molecular formula is C21H21NO2. The van der Waals surface area contributed by atoms with Crippen molar-refractivity contribution >= 4 is 5.97 Å². The number of aryl methyl sites for hydroxylation is 1. The number of benzene rings is 2. The number of rotatable bonds is 5. The van der Waals surface area contributed by atoms with E-state index in [1.165, 1.54) is 18.2 Å². The molecule has 0 radical (unpaired) electrons. The summed E-state index contributed by atoms with van der Waals surface area (Å²) in [6, 6.07) is 22.5. The quantitative estimate of drug-likeness (QED) is 0.659. The molecule has 24 heavy (non-hydrogen) atoms. The first-order chi connectivity index (χ1) is 11.7. The Hall–Kier alpha value is -2.81. The zero-order valence-corrected chi connectivity index (χ0v) is 14.0. The fourth-order valence-electron chi connectivity index (χ4n) is 2.81. The summed E-state index contributed by atoms with van der Waals surface area (Å²) in [7, 11) is 1.42. The summed E-state index contributed by atoms with van der Waals surface area (Å²) in [5, 5.41) is 0. The van der Waals surface area contributed by atoms with Crippen LogP contribution in [0.25, 0.3) is 0 Å². The molecule has 0 saturated carbocycles. The Morgan fingerprint density at radius 1 is 0.917 bits per heavy atom. The van der Waals surface area contributed by atoms with Crippen LogP contribution < -0.4 is 0 Å². The van der Waals surface area contributed by atoms with Crippen molar-refractivity contribution in [3.63, 3.8) is 0 Å². The molecule has 1 aromatic heterocycles. The lowest BCUT2D eigenvalue weighted by atomic mass is 10.1. The molecule has 3 rings (SSSR count). The van der Waals surface area contributed by atoms with Crippen molar-refractivity contribution in [3.8, 4) is 0 Å². The van der Waals surface area contributed by atoms with Crippen LogP contribution in [0.4, 0.5) is 0 Å². The van der Waals surface area contributed by atoms with Crippen LogP contribution in [0.5, 0.6) is 0 Å². The maximum Gasteiger partial charge on any atom is 0.354 e. The van der Waals surface area contributed by atoms with Gasteiger partial charge in [0.1, 0.15) is 5.69 Å². The SMILES string of the molecule is COC(=O)c1ccc(Cc2ccc(C)cc2)n1Cc1ccccc1. The van der Waals surface area contributed by atoms with Crippen molar-refractivity contribution < 1.29 is 9.53 Å². The summed E-state index contributed by atoms with van der Waals surface area (Å²) < 4.78 is 6.98. The van der Waals surface area contributed by atoms with E-state index in [1.807, 2.05) is 34.9 Å². The van der Waals surface area contributed by atoms with E-state index in [4.69, 9.17) is 4.74 Å². The highest BCUT2D eigenvalue weighted by atomic mass is 16.5. The van der Waals surface area contributed by atoms with Gasteiger partial charge in [-0.1, -0.05) is 60.2 Å². The first-order valence-electron chi connectivity index (χ1n) is 8.03. The summed E-state index contributed by atoms with van der Waals surface area (Å²) in [6.45, 7) is 2.73. The minimum Gasteiger partial charge on any atom is -0.464 e. The lowest BCUT2D eigenvalue weighted by Gasteiger charge is -2.13. The van der Waals surface area contributed by atoms with E-state index >= 15 is 0 Å². The summed E-state index contributed by atoms with van der Waals surface area (Å²) in [4.78, 5) is 12.1. The molecule has 3 aromatic rings. The van der Waals surface area contributed by atoms with E-state index in [0.29, 0.717) is 12.2 Å². The number of esters is 1. The molecule has 0 N–H and O–H groups in total. The number of nitrogens with zero attached hydrogens (tertiary/aromatic N) is 1. The van der Waals surface area contributed by atoms with Gasteiger partial charge in [0.05, 0.1) is 7.11 Å². The molecule has 0 aliphatic rings. The number of carbonyl (C=O) groups excluding carboxylic acids is 1. The van der Waals surface area contributed by atoms with Crippen LogP contribution >= 0.6 is 0 Å². The smallest absolute Gasteiger partial charge is 0.354 e. The van der Waals surface area contributed by atoms with E-state index < -0.39 is 0 Å². The highest BCUT2D eigenvalue weighted by Gasteiger charge is 2.16. The average Bonchev–Trinajstić information content (AvgIpc) is 2.99. The molecule has 1 heterocycles. The van der Waals surface area contributed by atoms with Gasteiger partial charge < -0.3 is 9.30 Å². The third kappa shape index (κ3) is 3.57. The summed E-state index contributed by atoms with van der Waals surface area (Å²) in [6.07, 6.45) is 0.782. The minimum absolute atomic E-state index is 0.305. The zero-order valence-electron chi connectivity index (χ0n) is 14.0. The monoisotopic (exact) mass is 319 g/mol. The van der Waals surface area contributed by atoms with Gasteiger partial charge >= 0.3 is 5.97 Å². The van der Waals surface area contributed by atoms with Crippen LogP contribution in [0.3, 0.4) is 0 Å². The molecule has 0 spiro atoms. The summed E-state index contributed by atoms with van der Waals surface area (Å²) in [5.74, 6) is -0.305. The predicted molar refractivity (Wildman–Crippen MR) is 95.3 cm³/mol. The van der Waals surface area contributed by atoms with Gasteiger partial charge in [0.15, 0.2) is 0 Å². The van der Waals surface area contributed by atoms with E-state index in [9.17, 15) is 4.79 Å². The first kappa shape index (κ1) is 16.1. The van der Waals surface area contributed by atoms with Crippen LogP contribution in [0.1, 0.15) is 32.9 Å². The van der Waals surface area contributed by atoms with Crippen molar-refractivity contribution in [1.29, 1.82) is 0 Å². The van der Waals surface area contributed by atoms with Crippen molar-refractivity contribution in [1.82, 2.24) is 4.57 Å². The standard InChI is InChI=1S/C21H21NO2/c1-16-8-10-17(11-9-16)14-19-12-13-20(21(23)24-2)22(19)15-18-6-4-3-5-7-18/h3-13H,14-15H2,1-2H3.